The Morgan fingerprint density at radius 3 is 2.78 bits per heavy atom. The van der Waals surface area contributed by atoms with Gasteiger partial charge in [-0.05, 0) is 49.9 Å². The number of methoxy groups -OCH3 is 1. The van der Waals surface area contributed by atoms with Crippen LogP contribution in [-0.4, -0.2) is 73.5 Å². The predicted molar refractivity (Wildman–Crippen MR) is 140 cm³/mol. The zero-order valence-electron chi connectivity index (χ0n) is 20.8. The summed E-state index contributed by atoms with van der Waals surface area (Å²) >= 11 is 0. The first-order chi connectivity index (χ1) is 17.7. The van der Waals surface area contributed by atoms with Crippen molar-refractivity contribution < 1.29 is 14.3 Å². The van der Waals surface area contributed by atoms with Crippen LogP contribution in [0.15, 0.2) is 42.9 Å². The van der Waals surface area contributed by atoms with Crippen LogP contribution in [0.4, 0.5) is 11.6 Å². The van der Waals surface area contributed by atoms with E-state index in [0.29, 0.717) is 19.2 Å². The van der Waals surface area contributed by atoms with E-state index in [1.165, 1.54) is 0 Å². The summed E-state index contributed by atoms with van der Waals surface area (Å²) in [4.78, 5) is 28.8. The zero-order valence-corrected chi connectivity index (χ0v) is 20.8. The number of hydrogen-bond acceptors (Lipinski definition) is 8. The van der Waals surface area contributed by atoms with Gasteiger partial charge in [-0.3, -0.25) is 9.78 Å². The second kappa shape index (κ2) is 11.6. The van der Waals surface area contributed by atoms with E-state index in [4.69, 9.17) is 14.5 Å². The lowest BCUT2D eigenvalue weighted by molar-refractivity contribution is -0.125. The maximum atomic E-state index is 12.5. The number of aromatic nitrogens is 3. The second-order valence-electron chi connectivity index (χ2n) is 9.43. The number of pyridine rings is 3. The number of anilines is 2. The largest absolute Gasteiger partial charge is 0.383 e. The van der Waals surface area contributed by atoms with Crippen molar-refractivity contribution in [1.29, 1.82) is 0 Å². The molecule has 3 aromatic heterocycles. The summed E-state index contributed by atoms with van der Waals surface area (Å²) in [6.45, 7) is 4.21. The number of rotatable bonds is 8. The van der Waals surface area contributed by atoms with Gasteiger partial charge >= 0.3 is 0 Å². The van der Waals surface area contributed by atoms with Gasteiger partial charge in [0.15, 0.2) is 0 Å². The molecule has 1 amide bonds. The van der Waals surface area contributed by atoms with E-state index in [2.05, 4.69) is 37.6 Å². The SMILES string of the molecule is COCCNC(=O)C1CCN(c2nc(-c3ccnc(NC4CCOCC4)c3)cc3cnccc23)CC1. The number of nitrogens with one attached hydrogen (secondary N) is 2. The van der Waals surface area contributed by atoms with E-state index in [-0.39, 0.29) is 11.8 Å². The minimum absolute atomic E-state index is 0.0215. The number of carbonyl (C=O) groups excluding carboxylic acids is 1. The highest BCUT2D eigenvalue weighted by Gasteiger charge is 2.26. The minimum Gasteiger partial charge on any atom is -0.383 e. The van der Waals surface area contributed by atoms with Crippen LogP contribution in [0.25, 0.3) is 22.0 Å². The average molecular weight is 491 g/mol. The molecule has 2 aliphatic rings. The summed E-state index contributed by atoms with van der Waals surface area (Å²) in [7, 11) is 1.64. The van der Waals surface area contributed by atoms with E-state index in [1.807, 2.05) is 30.7 Å². The molecule has 0 bridgehead atoms. The first kappa shape index (κ1) is 24.4. The highest BCUT2D eigenvalue weighted by molar-refractivity contribution is 5.94. The summed E-state index contributed by atoms with van der Waals surface area (Å²) in [6, 6.07) is 8.56. The highest BCUT2D eigenvalue weighted by atomic mass is 16.5. The van der Waals surface area contributed by atoms with E-state index < -0.39 is 0 Å². The maximum Gasteiger partial charge on any atom is 0.223 e. The molecule has 0 unspecified atom stereocenters. The third-order valence-electron chi connectivity index (χ3n) is 7.01. The molecule has 9 heteroatoms. The van der Waals surface area contributed by atoms with Crippen LogP contribution in [-0.2, 0) is 14.3 Å². The Balaban J connectivity index is 1.36. The van der Waals surface area contributed by atoms with E-state index in [0.717, 1.165) is 85.7 Å². The molecule has 2 fully saturated rings. The van der Waals surface area contributed by atoms with Crippen LogP contribution >= 0.6 is 0 Å². The van der Waals surface area contributed by atoms with Crippen molar-refractivity contribution in [2.75, 3.05) is 56.8 Å². The summed E-state index contributed by atoms with van der Waals surface area (Å²) in [5.74, 6) is 1.94. The van der Waals surface area contributed by atoms with Gasteiger partial charge < -0.3 is 25.0 Å². The first-order valence-corrected chi connectivity index (χ1v) is 12.8. The molecule has 2 N–H and O–H groups in total. The van der Waals surface area contributed by atoms with Crippen LogP contribution in [0.2, 0.25) is 0 Å². The molecule has 0 aliphatic carbocycles. The highest BCUT2D eigenvalue weighted by Crippen LogP contribution is 2.32. The maximum absolute atomic E-state index is 12.5. The van der Waals surface area contributed by atoms with Crippen LogP contribution in [0, 0.1) is 5.92 Å². The molecule has 0 saturated carbocycles. The first-order valence-electron chi connectivity index (χ1n) is 12.8. The Kier molecular flexibility index (Phi) is 7.88. The zero-order chi connectivity index (χ0) is 24.7. The summed E-state index contributed by atoms with van der Waals surface area (Å²) in [6.07, 6.45) is 9.09. The molecule has 0 spiro atoms. The molecule has 2 aliphatic heterocycles. The number of ether oxygens (including phenoxy) is 2. The molecule has 2 saturated heterocycles. The van der Waals surface area contributed by atoms with Crippen molar-refractivity contribution in [3.63, 3.8) is 0 Å². The topological polar surface area (TPSA) is 102 Å². The molecular weight excluding hydrogens is 456 g/mol. The summed E-state index contributed by atoms with van der Waals surface area (Å²) < 4.78 is 10.5. The van der Waals surface area contributed by atoms with Crippen LogP contribution < -0.4 is 15.5 Å². The van der Waals surface area contributed by atoms with Crippen molar-refractivity contribution in [3.05, 3.63) is 42.9 Å². The van der Waals surface area contributed by atoms with Crippen LogP contribution in [0.1, 0.15) is 25.7 Å². The fourth-order valence-corrected chi connectivity index (χ4v) is 4.96. The lowest BCUT2D eigenvalue weighted by Gasteiger charge is -2.33. The second-order valence-corrected chi connectivity index (χ2v) is 9.43. The molecule has 5 heterocycles. The molecule has 190 valence electrons. The van der Waals surface area contributed by atoms with Crippen LogP contribution in [0.3, 0.4) is 0 Å². The average Bonchev–Trinajstić information content (AvgIpc) is 2.93. The fourth-order valence-electron chi connectivity index (χ4n) is 4.96. The Labute approximate surface area is 211 Å². The molecule has 0 radical (unpaired) electrons. The van der Waals surface area contributed by atoms with Gasteiger partial charge in [-0.1, -0.05) is 0 Å². The normalized spacial score (nSPS) is 17.3. The number of carbonyl (C=O) groups is 1. The number of nitrogens with zero attached hydrogens (tertiary/aromatic N) is 4. The quantitative estimate of drug-likeness (QED) is 0.464. The van der Waals surface area contributed by atoms with Gasteiger partial charge in [0, 0.05) is 86.8 Å². The molecular formula is C27H34N6O3. The lowest BCUT2D eigenvalue weighted by Crippen LogP contribution is -2.41. The summed E-state index contributed by atoms with van der Waals surface area (Å²) in [5, 5.41) is 8.65. The molecule has 0 aromatic carbocycles. The monoisotopic (exact) mass is 490 g/mol. The molecule has 9 nitrogen and oxygen atoms in total. The molecule has 0 atom stereocenters. The fraction of sp³-hybridized carbons (Fsp3) is 0.481. The minimum atomic E-state index is 0.0215. The van der Waals surface area contributed by atoms with Gasteiger partial charge in [-0.15, -0.1) is 0 Å². The summed E-state index contributed by atoms with van der Waals surface area (Å²) in [5.41, 5.74) is 1.90. The van der Waals surface area contributed by atoms with Crippen molar-refractivity contribution in [1.82, 2.24) is 20.3 Å². The van der Waals surface area contributed by atoms with Crippen molar-refractivity contribution in [2.24, 2.45) is 5.92 Å². The van der Waals surface area contributed by atoms with Gasteiger partial charge in [0.1, 0.15) is 11.6 Å². The third kappa shape index (κ3) is 5.74. The molecule has 36 heavy (non-hydrogen) atoms. The van der Waals surface area contributed by atoms with Gasteiger partial charge in [0.25, 0.3) is 0 Å². The van der Waals surface area contributed by atoms with Crippen molar-refractivity contribution in [3.8, 4) is 11.3 Å². The van der Waals surface area contributed by atoms with Gasteiger partial charge in [0.05, 0.1) is 12.3 Å². The third-order valence-corrected chi connectivity index (χ3v) is 7.01. The Morgan fingerprint density at radius 2 is 1.97 bits per heavy atom. The van der Waals surface area contributed by atoms with E-state index in [1.54, 1.807) is 7.11 Å². The molecule has 3 aromatic rings. The number of hydrogen-bond donors (Lipinski definition) is 2. The van der Waals surface area contributed by atoms with Crippen molar-refractivity contribution in [2.45, 2.75) is 31.7 Å². The van der Waals surface area contributed by atoms with Gasteiger partial charge in [-0.2, -0.15) is 0 Å². The number of fused-ring (bicyclic) bond motifs is 1. The smallest absolute Gasteiger partial charge is 0.223 e. The standard InChI is InChI=1S/C27H34N6O3/c1-35-15-10-30-27(34)19-4-11-33(12-5-19)26-23-3-8-28-18-21(23)16-24(32-26)20-2-9-29-25(17-20)31-22-6-13-36-14-7-22/h2-3,8-9,16-19,22H,4-7,10-15H2,1H3,(H,29,31)(H,30,34). The van der Waals surface area contributed by atoms with Crippen LogP contribution in [0.5, 0.6) is 0 Å². The Bertz CT molecular complexity index is 1180. The Hall–Kier alpha value is -3.30. The number of amides is 1. The predicted octanol–water partition coefficient (Wildman–Crippen LogP) is 3.26. The van der Waals surface area contributed by atoms with Gasteiger partial charge in [-0.25, -0.2) is 9.97 Å². The Morgan fingerprint density at radius 1 is 1.14 bits per heavy atom. The molecule has 5 rings (SSSR count). The van der Waals surface area contributed by atoms with Gasteiger partial charge in [0.2, 0.25) is 5.91 Å². The van der Waals surface area contributed by atoms with Crippen molar-refractivity contribution >= 4 is 28.3 Å². The van der Waals surface area contributed by atoms with E-state index in [9.17, 15) is 4.79 Å². The number of piperidine rings is 1. The van der Waals surface area contributed by atoms with E-state index >= 15 is 0 Å². The lowest BCUT2D eigenvalue weighted by atomic mass is 9.95.